The van der Waals surface area contributed by atoms with Crippen LogP contribution in [0.2, 0.25) is 0 Å². The normalized spacial score (nSPS) is 16.6. The summed E-state index contributed by atoms with van der Waals surface area (Å²) in [4.78, 5) is 24.8. The van der Waals surface area contributed by atoms with Crippen molar-refractivity contribution in [3.8, 4) is 0 Å². The Labute approximate surface area is 198 Å². The third-order valence-corrected chi connectivity index (χ3v) is 7.80. The van der Waals surface area contributed by atoms with E-state index in [1.165, 1.54) is 4.31 Å². The molecule has 1 aliphatic heterocycles. The number of amides is 2. The summed E-state index contributed by atoms with van der Waals surface area (Å²) < 4.78 is 32.4. The smallest absolute Gasteiger partial charge is 0.407 e. The van der Waals surface area contributed by atoms with Crippen molar-refractivity contribution in [2.24, 2.45) is 11.8 Å². The van der Waals surface area contributed by atoms with Gasteiger partial charge in [0.2, 0.25) is 15.9 Å². The molecule has 0 spiro atoms. The van der Waals surface area contributed by atoms with Gasteiger partial charge in [-0.3, -0.25) is 4.79 Å². The quantitative estimate of drug-likeness (QED) is 0.532. The molecule has 9 heteroatoms. The summed E-state index contributed by atoms with van der Waals surface area (Å²) >= 11 is 0. The van der Waals surface area contributed by atoms with E-state index in [1.807, 2.05) is 26.0 Å². The van der Waals surface area contributed by atoms with E-state index in [4.69, 9.17) is 4.74 Å². The first-order valence-corrected chi connectivity index (χ1v) is 13.3. The molecular formula is C24H39N3O5S. The fourth-order valence-corrected chi connectivity index (χ4v) is 5.47. The Morgan fingerprint density at radius 3 is 2.21 bits per heavy atom. The van der Waals surface area contributed by atoms with Crippen LogP contribution >= 0.6 is 0 Å². The van der Waals surface area contributed by atoms with Crippen molar-refractivity contribution < 1.29 is 22.7 Å². The van der Waals surface area contributed by atoms with Crippen molar-refractivity contribution in [2.75, 3.05) is 26.2 Å². The van der Waals surface area contributed by atoms with Crippen LogP contribution in [0.1, 0.15) is 65.4 Å². The topological polar surface area (TPSA) is 105 Å². The van der Waals surface area contributed by atoms with Gasteiger partial charge in [0.25, 0.3) is 0 Å². The zero-order valence-electron chi connectivity index (χ0n) is 20.5. The second kappa shape index (κ2) is 12.4. The molecule has 2 N–H and O–H groups in total. The fourth-order valence-electron chi connectivity index (χ4n) is 4.00. The number of carbonyl (C=O) groups is 2. The van der Waals surface area contributed by atoms with E-state index in [1.54, 1.807) is 19.1 Å². The predicted molar refractivity (Wildman–Crippen MR) is 128 cm³/mol. The molecule has 33 heavy (non-hydrogen) atoms. The molecule has 1 unspecified atom stereocenters. The number of nitrogens with zero attached hydrogens (tertiary/aromatic N) is 1. The monoisotopic (exact) mass is 481 g/mol. The standard InChI is InChI=1S/C24H39N3O5S/c1-6-32-24(29)26-21(15-17(2)3)16-25-23(28)20-11-13-27(14-12-20)33(30,31)22-9-7-19(8-10-22)18(4)5/h7-10,17-18,20-21H,6,11-16H2,1-5H3,(H,25,28)(H,26,29). The molecule has 0 saturated carbocycles. The first-order chi connectivity index (χ1) is 15.5. The SMILES string of the molecule is CCOC(=O)NC(CNC(=O)C1CCN(S(=O)(=O)c2ccc(C(C)C)cc2)CC1)CC(C)C. The Bertz CT molecular complexity index is 876. The van der Waals surface area contributed by atoms with Crippen LogP contribution in [0.25, 0.3) is 0 Å². The van der Waals surface area contributed by atoms with E-state index in [2.05, 4.69) is 24.5 Å². The van der Waals surface area contributed by atoms with Crippen LogP contribution in [0.15, 0.2) is 29.2 Å². The Morgan fingerprint density at radius 1 is 1.09 bits per heavy atom. The van der Waals surface area contributed by atoms with Crippen molar-refractivity contribution in [2.45, 2.75) is 70.7 Å². The number of rotatable bonds is 10. The summed E-state index contributed by atoms with van der Waals surface area (Å²) in [6, 6.07) is 6.82. The van der Waals surface area contributed by atoms with Gasteiger partial charge >= 0.3 is 6.09 Å². The first-order valence-electron chi connectivity index (χ1n) is 11.9. The van der Waals surface area contributed by atoms with Crippen LogP contribution in [-0.4, -0.2) is 57.0 Å². The summed E-state index contributed by atoms with van der Waals surface area (Å²) in [5.74, 6) is 0.329. The number of carbonyl (C=O) groups excluding carboxylic acids is 2. The first kappa shape index (κ1) is 27.1. The molecule has 1 fully saturated rings. The fraction of sp³-hybridized carbons (Fsp3) is 0.667. The maximum Gasteiger partial charge on any atom is 0.407 e. The van der Waals surface area contributed by atoms with E-state index in [9.17, 15) is 18.0 Å². The van der Waals surface area contributed by atoms with Crippen LogP contribution in [0.5, 0.6) is 0 Å². The number of ether oxygens (including phenoxy) is 1. The number of alkyl carbamates (subject to hydrolysis) is 1. The Morgan fingerprint density at radius 2 is 1.70 bits per heavy atom. The summed E-state index contributed by atoms with van der Waals surface area (Å²) in [6.07, 6.45) is 1.16. The molecule has 0 radical (unpaired) electrons. The highest BCUT2D eigenvalue weighted by Crippen LogP contribution is 2.25. The lowest BCUT2D eigenvalue weighted by atomic mass is 9.97. The number of hydrogen-bond donors (Lipinski definition) is 2. The van der Waals surface area contributed by atoms with Gasteiger partial charge in [0, 0.05) is 31.6 Å². The predicted octanol–water partition coefficient (Wildman–Crippen LogP) is 3.49. The minimum Gasteiger partial charge on any atom is -0.450 e. The van der Waals surface area contributed by atoms with E-state index >= 15 is 0 Å². The highest BCUT2D eigenvalue weighted by Gasteiger charge is 2.32. The molecule has 1 aromatic rings. The second-order valence-electron chi connectivity index (χ2n) is 9.34. The van der Waals surface area contributed by atoms with Gasteiger partial charge in [-0.05, 0) is 55.7 Å². The molecular weight excluding hydrogens is 442 g/mol. The number of nitrogens with one attached hydrogen (secondary N) is 2. The van der Waals surface area contributed by atoms with Gasteiger partial charge in [-0.15, -0.1) is 0 Å². The zero-order valence-corrected chi connectivity index (χ0v) is 21.3. The van der Waals surface area contributed by atoms with Crippen molar-refractivity contribution in [1.29, 1.82) is 0 Å². The Kier molecular flexibility index (Phi) is 10.2. The van der Waals surface area contributed by atoms with Crippen LogP contribution in [0, 0.1) is 11.8 Å². The van der Waals surface area contributed by atoms with E-state index in [0.29, 0.717) is 50.7 Å². The van der Waals surface area contributed by atoms with Crippen molar-refractivity contribution in [1.82, 2.24) is 14.9 Å². The van der Waals surface area contributed by atoms with Crippen molar-refractivity contribution >= 4 is 22.0 Å². The van der Waals surface area contributed by atoms with Crippen LogP contribution in [0.4, 0.5) is 4.79 Å². The second-order valence-corrected chi connectivity index (χ2v) is 11.3. The van der Waals surface area contributed by atoms with Gasteiger partial charge in [0.05, 0.1) is 11.5 Å². The maximum absolute atomic E-state index is 13.0. The number of benzene rings is 1. The molecule has 1 aliphatic rings. The van der Waals surface area contributed by atoms with Gasteiger partial charge in [-0.2, -0.15) is 4.31 Å². The minimum atomic E-state index is -3.57. The molecule has 8 nitrogen and oxygen atoms in total. The lowest BCUT2D eigenvalue weighted by Gasteiger charge is -2.31. The van der Waals surface area contributed by atoms with Crippen LogP contribution < -0.4 is 10.6 Å². The average molecular weight is 482 g/mol. The summed E-state index contributed by atoms with van der Waals surface area (Å²) in [5.41, 5.74) is 1.09. The molecule has 1 heterocycles. The molecule has 0 aromatic heterocycles. The highest BCUT2D eigenvalue weighted by molar-refractivity contribution is 7.89. The third-order valence-electron chi connectivity index (χ3n) is 5.89. The van der Waals surface area contributed by atoms with Gasteiger partial charge in [-0.1, -0.05) is 39.8 Å². The van der Waals surface area contributed by atoms with E-state index in [-0.39, 0.29) is 29.4 Å². The van der Waals surface area contributed by atoms with Crippen LogP contribution in [-0.2, 0) is 19.6 Å². The van der Waals surface area contributed by atoms with Gasteiger partial charge < -0.3 is 15.4 Å². The lowest BCUT2D eigenvalue weighted by molar-refractivity contribution is -0.126. The molecule has 1 aromatic carbocycles. The summed E-state index contributed by atoms with van der Waals surface area (Å²) in [7, 11) is -3.57. The van der Waals surface area contributed by atoms with Gasteiger partial charge in [-0.25, -0.2) is 13.2 Å². The average Bonchev–Trinajstić information content (AvgIpc) is 2.77. The molecule has 1 atom stereocenters. The highest BCUT2D eigenvalue weighted by atomic mass is 32.2. The van der Waals surface area contributed by atoms with Gasteiger partial charge in [0.15, 0.2) is 0 Å². The van der Waals surface area contributed by atoms with Crippen LogP contribution in [0.3, 0.4) is 0 Å². The molecule has 0 bridgehead atoms. The Hall–Kier alpha value is -2.13. The molecule has 2 rings (SSSR count). The van der Waals surface area contributed by atoms with E-state index < -0.39 is 16.1 Å². The lowest BCUT2D eigenvalue weighted by Crippen LogP contribution is -2.47. The third kappa shape index (κ3) is 7.99. The number of hydrogen-bond acceptors (Lipinski definition) is 5. The summed E-state index contributed by atoms with van der Waals surface area (Å²) in [5, 5.41) is 5.73. The maximum atomic E-state index is 13.0. The molecule has 2 amide bonds. The Balaban J connectivity index is 1.89. The number of piperidine rings is 1. The minimum absolute atomic E-state index is 0.104. The zero-order chi connectivity index (χ0) is 24.6. The molecule has 1 saturated heterocycles. The number of sulfonamides is 1. The molecule has 0 aliphatic carbocycles. The molecule has 186 valence electrons. The van der Waals surface area contributed by atoms with Gasteiger partial charge in [0.1, 0.15) is 0 Å². The largest absolute Gasteiger partial charge is 0.450 e. The van der Waals surface area contributed by atoms with Crippen molar-refractivity contribution in [3.63, 3.8) is 0 Å². The summed E-state index contributed by atoms with van der Waals surface area (Å²) in [6.45, 7) is 11.2. The van der Waals surface area contributed by atoms with E-state index in [0.717, 1.165) is 5.56 Å². The van der Waals surface area contributed by atoms with Crippen molar-refractivity contribution in [3.05, 3.63) is 29.8 Å².